The van der Waals surface area contributed by atoms with Crippen molar-refractivity contribution in [2.75, 3.05) is 18.4 Å². The summed E-state index contributed by atoms with van der Waals surface area (Å²) in [5.41, 5.74) is 9.32. The maximum absolute atomic E-state index is 5.73. The minimum absolute atomic E-state index is 0.545. The van der Waals surface area contributed by atoms with Gasteiger partial charge in [-0.1, -0.05) is 31.5 Å². The monoisotopic (exact) mass is 231 g/mol. The Kier molecular flexibility index (Phi) is 3.69. The third-order valence-electron chi connectivity index (χ3n) is 3.37. The van der Waals surface area contributed by atoms with Crippen molar-refractivity contribution in [2.45, 2.75) is 20.3 Å². The molecular formula is C14H21N3. The summed E-state index contributed by atoms with van der Waals surface area (Å²) in [5.74, 6) is 0.545. The highest BCUT2D eigenvalue weighted by molar-refractivity contribution is 5.94. The summed E-state index contributed by atoms with van der Waals surface area (Å²) < 4.78 is 0. The molecule has 4 N–H and O–H groups in total. The van der Waals surface area contributed by atoms with E-state index in [1.54, 1.807) is 0 Å². The molecule has 1 heterocycles. The Morgan fingerprint density at radius 3 is 2.82 bits per heavy atom. The van der Waals surface area contributed by atoms with Crippen molar-refractivity contribution in [1.29, 1.82) is 0 Å². The summed E-state index contributed by atoms with van der Waals surface area (Å²) in [6.07, 6.45) is 1.12. The molecule has 1 aromatic carbocycles. The molecule has 1 atom stereocenters. The van der Waals surface area contributed by atoms with Crippen LogP contribution in [0.25, 0.3) is 10.9 Å². The minimum atomic E-state index is 0.545. The first-order chi connectivity index (χ1) is 8.26. The molecule has 17 heavy (non-hydrogen) atoms. The number of aromatic nitrogens is 1. The Balaban J connectivity index is 2.20. The fraction of sp³-hybridized carbons (Fsp3) is 0.429. The van der Waals surface area contributed by atoms with Crippen LogP contribution in [0.4, 0.5) is 5.69 Å². The molecule has 3 heteroatoms. The quantitative estimate of drug-likeness (QED) is 0.741. The number of fused-ring (bicyclic) bond motifs is 1. The molecule has 0 bridgehead atoms. The predicted octanol–water partition coefficient (Wildman–Crippen LogP) is 2.87. The first-order valence-corrected chi connectivity index (χ1v) is 6.27. The molecule has 1 aromatic heterocycles. The lowest BCUT2D eigenvalue weighted by atomic mass is 10.1. The molecule has 0 aliphatic heterocycles. The summed E-state index contributed by atoms with van der Waals surface area (Å²) >= 11 is 0. The maximum Gasteiger partial charge on any atom is 0.0628 e. The second-order valence-electron chi connectivity index (χ2n) is 4.56. The van der Waals surface area contributed by atoms with Crippen molar-refractivity contribution in [3.63, 3.8) is 0 Å². The number of benzene rings is 1. The van der Waals surface area contributed by atoms with Crippen molar-refractivity contribution in [1.82, 2.24) is 4.98 Å². The van der Waals surface area contributed by atoms with Gasteiger partial charge in [-0.05, 0) is 25.5 Å². The van der Waals surface area contributed by atoms with Gasteiger partial charge in [0, 0.05) is 23.1 Å². The van der Waals surface area contributed by atoms with Crippen LogP contribution in [0.3, 0.4) is 0 Å². The van der Waals surface area contributed by atoms with Gasteiger partial charge in [0.05, 0.1) is 5.69 Å². The van der Waals surface area contributed by atoms with E-state index in [0.717, 1.165) is 19.5 Å². The lowest BCUT2D eigenvalue weighted by Gasteiger charge is -2.14. The second kappa shape index (κ2) is 5.23. The van der Waals surface area contributed by atoms with E-state index in [-0.39, 0.29) is 0 Å². The van der Waals surface area contributed by atoms with Crippen LogP contribution in [0.5, 0.6) is 0 Å². The molecule has 0 aliphatic carbocycles. The van der Waals surface area contributed by atoms with Gasteiger partial charge >= 0.3 is 0 Å². The fourth-order valence-corrected chi connectivity index (χ4v) is 2.15. The molecule has 0 aliphatic rings. The average Bonchev–Trinajstić information content (AvgIpc) is 2.67. The van der Waals surface area contributed by atoms with Gasteiger partial charge in [0.1, 0.15) is 0 Å². The van der Waals surface area contributed by atoms with E-state index in [4.69, 9.17) is 5.73 Å². The molecule has 0 amide bonds. The number of nitrogens with one attached hydrogen (secondary N) is 2. The Morgan fingerprint density at radius 2 is 2.12 bits per heavy atom. The van der Waals surface area contributed by atoms with Gasteiger partial charge in [0.15, 0.2) is 0 Å². The number of nitrogens with two attached hydrogens (primary N) is 1. The molecule has 2 rings (SSSR count). The van der Waals surface area contributed by atoms with E-state index in [9.17, 15) is 0 Å². The molecule has 0 fully saturated rings. The molecular weight excluding hydrogens is 210 g/mol. The van der Waals surface area contributed by atoms with Crippen LogP contribution in [0, 0.1) is 12.8 Å². The zero-order valence-electron chi connectivity index (χ0n) is 10.6. The Labute approximate surface area is 102 Å². The molecule has 0 saturated heterocycles. The van der Waals surface area contributed by atoms with Crippen LogP contribution < -0.4 is 11.1 Å². The number of aryl methyl sites for hydroxylation is 1. The van der Waals surface area contributed by atoms with Gasteiger partial charge in [-0.25, -0.2) is 0 Å². The zero-order chi connectivity index (χ0) is 12.3. The third kappa shape index (κ3) is 2.44. The predicted molar refractivity (Wildman–Crippen MR) is 74.4 cm³/mol. The van der Waals surface area contributed by atoms with Crippen molar-refractivity contribution in [3.8, 4) is 0 Å². The number of hydrogen-bond acceptors (Lipinski definition) is 2. The van der Waals surface area contributed by atoms with E-state index in [2.05, 4.69) is 48.4 Å². The van der Waals surface area contributed by atoms with E-state index >= 15 is 0 Å². The number of rotatable bonds is 5. The van der Waals surface area contributed by atoms with Crippen molar-refractivity contribution in [3.05, 3.63) is 30.0 Å². The number of hydrogen-bond donors (Lipinski definition) is 3. The average molecular weight is 231 g/mol. The fourth-order valence-electron chi connectivity index (χ4n) is 2.15. The molecule has 3 nitrogen and oxygen atoms in total. The van der Waals surface area contributed by atoms with Crippen LogP contribution in [0.2, 0.25) is 0 Å². The second-order valence-corrected chi connectivity index (χ2v) is 4.56. The standard InChI is InChI=1S/C14H21N3/c1-3-11(8-15)9-16-14-10(2)17-13-7-5-4-6-12(13)14/h4-7,11,16-17H,3,8-9,15H2,1-2H3. The van der Waals surface area contributed by atoms with E-state index in [0.29, 0.717) is 5.92 Å². The van der Waals surface area contributed by atoms with Gasteiger partial charge in [0.2, 0.25) is 0 Å². The molecule has 0 radical (unpaired) electrons. The molecule has 0 spiro atoms. The summed E-state index contributed by atoms with van der Waals surface area (Å²) in [5, 5.41) is 4.79. The van der Waals surface area contributed by atoms with Gasteiger partial charge in [0.25, 0.3) is 0 Å². The summed E-state index contributed by atoms with van der Waals surface area (Å²) in [6, 6.07) is 8.37. The lowest BCUT2D eigenvalue weighted by molar-refractivity contribution is 0.548. The largest absolute Gasteiger partial charge is 0.383 e. The number of H-pyrrole nitrogens is 1. The van der Waals surface area contributed by atoms with Crippen LogP contribution in [0.1, 0.15) is 19.0 Å². The SMILES string of the molecule is CCC(CN)CNc1c(C)[nH]c2ccccc12. The van der Waals surface area contributed by atoms with Gasteiger partial charge < -0.3 is 16.0 Å². The first kappa shape index (κ1) is 12.0. The first-order valence-electron chi connectivity index (χ1n) is 6.27. The summed E-state index contributed by atoms with van der Waals surface area (Å²) in [7, 11) is 0. The summed E-state index contributed by atoms with van der Waals surface area (Å²) in [6.45, 7) is 5.97. The van der Waals surface area contributed by atoms with Crippen LogP contribution in [-0.2, 0) is 0 Å². The van der Waals surface area contributed by atoms with E-state index in [1.165, 1.54) is 22.3 Å². The van der Waals surface area contributed by atoms with Gasteiger partial charge in [-0.2, -0.15) is 0 Å². The van der Waals surface area contributed by atoms with Crippen molar-refractivity contribution < 1.29 is 0 Å². The number of aromatic amines is 1. The molecule has 0 saturated carbocycles. The Hall–Kier alpha value is -1.48. The normalized spacial score (nSPS) is 12.9. The molecule has 1 unspecified atom stereocenters. The zero-order valence-corrected chi connectivity index (χ0v) is 10.6. The van der Waals surface area contributed by atoms with Gasteiger partial charge in [-0.3, -0.25) is 0 Å². The smallest absolute Gasteiger partial charge is 0.0628 e. The minimum Gasteiger partial charge on any atom is -0.383 e. The van der Waals surface area contributed by atoms with E-state index < -0.39 is 0 Å². The topological polar surface area (TPSA) is 53.8 Å². The highest BCUT2D eigenvalue weighted by Crippen LogP contribution is 2.27. The van der Waals surface area contributed by atoms with Crippen molar-refractivity contribution in [2.24, 2.45) is 11.7 Å². The number of anilines is 1. The Morgan fingerprint density at radius 1 is 1.35 bits per heavy atom. The third-order valence-corrected chi connectivity index (χ3v) is 3.37. The van der Waals surface area contributed by atoms with Gasteiger partial charge in [-0.15, -0.1) is 0 Å². The van der Waals surface area contributed by atoms with Crippen LogP contribution >= 0.6 is 0 Å². The Bertz CT molecular complexity index is 483. The molecule has 92 valence electrons. The van der Waals surface area contributed by atoms with E-state index in [1.807, 2.05) is 0 Å². The number of para-hydroxylation sites is 1. The van der Waals surface area contributed by atoms with Crippen LogP contribution in [0.15, 0.2) is 24.3 Å². The summed E-state index contributed by atoms with van der Waals surface area (Å²) in [4.78, 5) is 3.39. The maximum atomic E-state index is 5.73. The molecule has 2 aromatic rings. The van der Waals surface area contributed by atoms with Crippen molar-refractivity contribution >= 4 is 16.6 Å². The van der Waals surface area contributed by atoms with Crippen LogP contribution in [-0.4, -0.2) is 18.1 Å². The highest BCUT2D eigenvalue weighted by atomic mass is 14.9. The lowest BCUT2D eigenvalue weighted by Crippen LogP contribution is -2.22. The highest BCUT2D eigenvalue weighted by Gasteiger charge is 2.09.